The molecule has 2 aromatic heterocycles. The first-order chi connectivity index (χ1) is 13.2. The van der Waals surface area contributed by atoms with Gasteiger partial charge in [0.15, 0.2) is 5.13 Å². The quantitative estimate of drug-likeness (QED) is 0.822. The molecule has 2 N–H and O–H groups in total. The van der Waals surface area contributed by atoms with Crippen molar-refractivity contribution in [3.63, 3.8) is 0 Å². The minimum Gasteiger partial charge on any atom is -0.375 e. The Morgan fingerprint density at radius 3 is 2.22 bits per heavy atom. The Morgan fingerprint density at radius 1 is 1.00 bits per heavy atom. The van der Waals surface area contributed by atoms with Gasteiger partial charge in [0, 0.05) is 62.7 Å². The first kappa shape index (κ1) is 18.8. The van der Waals surface area contributed by atoms with Crippen LogP contribution in [0.1, 0.15) is 36.1 Å². The Labute approximate surface area is 165 Å². The van der Waals surface area contributed by atoms with E-state index in [1.54, 1.807) is 11.3 Å². The van der Waals surface area contributed by atoms with E-state index in [1.165, 1.54) is 10.4 Å². The molecule has 0 aliphatic carbocycles. The maximum absolute atomic E-state index is 6.44. The largest absolute Gasteiger partial charge is 0.375 e. The molecule has 0 atom stereocenters. The Kier molecular flexibility index (Phi) is 6.34. The van der Waals surface area contributed by atoms with Crippen LogP contribution < -0.4 is 5.73 Å². The summed E-state index contributed by atoms with van der Waals surface area (Å²) < 4.78 is 6.44. The monoisotopic (exact) mass is 387 g/mol. The second kappa shape index (κ2) is 9.10. The summed E-state index contributed by atoms with van der Waals surface area (Å²) in [7, 11) is 0. The summed E-state index contributed by atoms with van der Waals surface area (Å²) in [5.41, 5.74) is 7.02. The Balaban J connectivity index is 1.15. The van der Waals surface area contributed by atoms with Crippen molar-refractivity contribution in [2.45, 2.75) is 51.0 Å². The fourth-order valence-electron chi connectivity index (χ4n) is 4.05. The summed E-state index contributed by atoms with van der Waals surface area (Å²) in [5, 5.41) is 0.665. The van der Waals surface area contributed by atoms with E-state index in [-0.39, 0.29) is 0 Å². The van der Waals surface area contributed by atoms with Crippen molar-refractivity contribution in [2.75, 3.05) is 31.9 Å². The number of aromatic nitrogens is 2. The minimum atomic E-state index is 0.419. The van der Waals surface area contributed by atoms with Gasteiger partial charge in [-0.3, -0.25) is 14.8 Å². The zero-order valence-corrected chi connectivity index (χ0v) is 16.6. The van der Waals surface area contributed by atoms with Crippen LogP contribution in [0.2, 0.25) is 0 Å². The zero-order valence-electron chi connectivity index (χ0n) is 15.8. The van der Waals surface area contributed by atoms with Crippen LogP contribution in [0.25, 0.3) is 0 Å². The van der Waals surface area contributed by atoms with Crippen molar-refractivity contribution < 1.29 is 4.74 Å². The third-order valence-electron chi connectivity index (χ3n) is 5.53. The molecule has 2 fully saturated rings. The van der Waals surface area contributed by atoms with Gasteiger partial charge in [0.1, 0.15) is 0 Å². The molecular formula is C20H29N5OS. The molecule has 2 aliphatic heterocycles. The number of pyridine rings is 1. The van der Waals surface area contributed by atoms with E-state index in [1.807, 2.05) is 24.7 Å². The molecule has 0 unspecified atom stereocenters. The molecule has 0 bridgehead atoms. The molecule has 0 aromatic carbocycles. The smallest absolute Gasteiger partial charge is 0.180 e. The highest BCUT2D eigenvalue weighted by atomic mass is 32.1. The molecule has 6 nitrogen and oxygen atoms in total. The van der Waals surface area contributed by atoms with Gasteiger partial charge in [0.25, 0.3) is 0 Å². The predicted octanol–water partition coefficient (Wildman–Crippen LogP) is 2.77. The second-order valence-corrected chi connectivity index (χ2v) is 8.76. The molecule has 146 valence electrons. The Bertz CT molecular complexity index is 693. The number of hydrogen-bond acceptors (Lipinski definition) is 7. The molecule has 2 aliphatic rings. The SMILES string of the molecule is Nc1ncc(CN2CCC(OC3CCN(Cc4cccnc4)CC3)CC2)s1. The Morgan fingerprint density at radius 2 is 1.67 bits per heavy atom. The number of piperidine rings is 2. The van der Waals surface area contributed by atoms with Crippen molar-refractivity contribution >= 4 is 16.5 Å². The zero-order chi connectivity index (χ0) is 18.5. The van der Waals surface area contributed by atoms with Crippen LogP contribution in [0.15, 0.2) is 30.7 Å². The summed E-state index contributed by atoms with van der Waals surface area (Å²) in [6.45, 7) is 6.40. The van der Waals surface area contributed by atoms with E-state index in [0.717, 1.165) is 65.0 Å². The molecule has 4 rings (SSSR count). The van der Waals surface area contributed by atoms with Gasteiger partial charge in [0.05, 0.1) is 12.2 Å². The minimum absolute atomic E-state index is 0.419. The summed E-state index contributed by atoms with van der Waals surface area (Å²) in [6, 6.07) is 4.17. The maximum Gasteiger partial charge on any atom is 0.180 e. The average Bonchev–Trinajstić information content (AvgIpc) is 3.10. The number of nitrogens with zero attached hydrogens (tertiary/aromatic N) is 4. The van der Waals surface area contributed by atoms with Crippen LogP contribution in [-0.4, -0.2) is 58.2 Å². The normalized spacial score (nSPS) is 20.9. The van der Waals surface area contributed by atoms with Crippen LogP contribution in [-0.2, 0) is 17.8 Å². The number of hydrogen-bond donors (Lipinski definition) is 1. The molecule has 0 radical (unpaired) electrons. The molecule has 0 spiro atoms. The number of nitrogen functional groups attached to an aromatic ring is 1. The lowest BCUT2D eigenvalue weighted by molar-refractivity contribution is -0.0663. The number of ether oxygens (including phenoxy) is 1. The van der Waals surface area contributed by atoms with Gasteiger partial charge in [0.2, 0.25) is 0 Å². The lowest BCUT2D eigenvalue weighted by atomic mass is 10.0. The molecule has 27 heavy (non-hydrogen) atoms. The second-order valence-electron chi connectivity index (χ2n) is 7.61. The van der Waals surface area contributed by atoms with E-state index < -0.39 is 0 Å². The maximum atomic E-state index is 6.44. The number of rotatable bonds is 6. The molecule has 0 amide bonds. The van der Waals surface area contributed by atoms with Gasteiger partial charge in [-0.1, -0.05) is 6.07 Å². The van der Waals surface area contributed by atoms with Crippen LogP contribution in [0, 0.1) is 0 Å². The van der Waals surface area contributed by atoms with Crippen LogP contribution in [0.3, 0.4) is 0 Å². The molecule has 2 saturated heterocycles. The van der Waals surface area contributed by atoms with Gasteiger partial charge in [-0.2, -0.15) is 0 Å². The number of thiazole rings is 1. The lowest BCUT2D eigenvalue weighted by Crippen LogP contribution is -2.41. The van der Waals surface area contributed by atoms with Crippen molar-refractivity contribution in [3.8, 4) is 0 Å². The molecule has 7 heteroatoms. The number of likely N-dealkylation sites (tertiary alicyclic amines) is 2. The highest BCUT2D eigenvalue weighted by molar-refractivity contribution is 7.15. The number of nitrogens with two attached hydrogens (primary N) is 1. The molecule has 4 heterocycles. The predicted molar refractivity (Wildman–Crippen MR) is 108 cm³/mol. The van der Waals surface area contributed by atoms with Gasteiger partial charge in [-0.05, 0) is 37.3 Å². The van der Waals surface area contributed by atoms with E-state index in [2.05, 4.69) is 25.8 Å². The average molecular weight is 388 g/mol. The molecule has 2 aromatic rings. The molecule has 0 saturated carbocycles. The summed E-state index contributed by atoms with van der Waals surface area (Å²) in [4.78, 5) is 14.6. The van der Waals surface area contributed by atoms with Crippen LogP contribution in [0.4, 0.5) is 5.13 Å². The van der Waals surface area contributed by atoms with Gasteiger partial charge in [-0.25, -0.2) is 4.98 Å². The standard InChI is InChI=1S/C20H29N5OS/c21-20-23-13-19(27-20)15-25-10-5-18(6-11-25)26-17-3-8-24(9-4-17)14-16-2-1-7-22-12-16/h1-2,7,12-13,17-18H,3-6,8-11,14-15H2,(H2,21,23). The fraction of sp³-hybridized carbons (Fsp3) is 0.600. The highest BCUT2D eigenvalue weighted by Crippen LogP contribution is 2.24. The summed E-state index contributed by atoms with van der Waals surface area (Å²) >= 11 is 1.60. The van der Waals surface area contributed by atoms with E-state index >= 15 is 0 Å². The van der Waals surface area contributed by atoms with Crippen LogP contribution >= 0.6 is 11.3 Å². The van der Waals surface area contributed by atoms with E-state index in [9.17, 15) is 0 Å². The van der Waals surface area contributed by atoms with E-state index in [0.29, 0.717) is 17.3 Å². The van der Waals surface area contributed by atoms with Gasteiger partial charge in [-0.15, -0.1) is 11.3 Å². The topological polar surface area (TPSA) is 67.5 Å². The van der Waals surface area contributed by atoms with Crippen molar-refractivity contribution in [3.05, 3.63) is 41.2 Å². The van der Waals surface area contributed by atoms with Gasteiger partial charge < -0.3 is 10.5 Å². The fourth-order valence-corrected chi connectivity index (χ4v) is 4.77. The van der Waals surface area contributed by atoms with Crippen LogP contribution in [0.5, 0.6) is 0 Å². The highest BCUT2D eigenvalue weighted by Gasteiger charge is 2.26. The third-order valence-corrected chi connectivity index (χ3v) is 6.35. The van der Waals surface area contributed by atoms with Crippen molar-refractivity contribution in [1.29, 1.82) is 0 Å². The van der Waals surface area contributed by atoms with E-state index in [4.69, 9.17) is 10.5 Å². The first-order valence-corrected chi connectivity index (χ1v) is 10.8. The van der Waals surface area contributed by atoms with Crippen molar-refractivity contribution in [2.24, 2.45) is 0 Å². The first-order valence-electron chi connectivity index (χ1n) is 9.94. The Hall–Kier alpha value is -1.54. The van der Waals surface area contributed by atoms with Gasteiger partial charge >= 0.3 is 0 Å². The lowest BCUT2D eigenvalue weighted by Gasteiger charge is -2.37. The summed E-state index contributed by atoms with van der Waals surface area (Å²) in [5.74, 6) is 0. The number of anilines is 1. The van der Waals surface area contributed by atoms with Crippen molar-refractivity contribution in [1.82, 2.24) is 19.8 Å². The third kappa shape index (κ3) is 5.48. The summed E-state index contributed by atoms with van der Waals surface area (Å²) in [6.07, 6.45) is 11.1. The molecular weight excluding hydrogens is 358 g/mol.